The third-order valence-electron chi connectivity index (χ3n) is 6.65. The van der Waals surface area contributed by atoms with Crippen LogP contribution in [0.15, 0.2) is 58.9 Å². The van der Waals surface area contributed by atoms with Gasteiger partial charge in [0.1, 0.15) is 6.61 Å². The summed E-state index contributed by atoms with van der Waals surface area (Å²) in [7, 11) is -3.99. The first kappa shape index (κ1) is 31.3. The number of amides is 3. The average molecular weight is 592 g/mol. The number of aliphatic hydroxyl groups is 1. The zero-order chi connectivity index (χ0) is 29.1. The first-order valence-electron chi connectivity index (χ1n) is 13.2. The number of alkyl carbamates (subject to hydrolysis) is 1. The number of aliphatic hydroxyl groups excluding tert-OH is 1. The molecule has 5 N–H and O–H groups in total. The highest BCUT2D eigenvalue weighted by atomic mass is 32.2. The molecule has 1 heterocycles. The predicted octanol–water partition coefficient (Wildman–Crippen LogP) is 3.09. The summed E-state index contributed by atoms with van der Waals surface area (Å²) in [5.41, 5.74) is 8.24. The summed E-state index contributed by atoms with van der Waals surface area (Å²) >= 11 is 1.35. The number of hydrogen-bond acceptors (Lipinski definition) is 8. The Balaban J connectivity index is 1.84. The molecule has 0 saturated heterocycles. The number of benzene rings is 2. The number of thiazole rings is 1. The van der Waals surface area contributed by atoms with Crippen molar-refractivity contribution in [1.82, 2.24) is 19.9 Å². The SMILES string of the molecule is CCC(CC)CN(C[C@@H](O)C(Cc1ccccc1)NC(=O)OCCNC(N)=O)S(=O)(=O)c1ccc2ncsc2c1. The van der Waals surface area contributed by atoms with Crippen molar-refractivity contribution in [3.05, 3.63) is 59.6 Å². The van der Waals surface area contributed by atoms with E-state index in [9.17, 15) is 23.1 Å². The molecule has 0 aliphatic heterocycles. The second-order valence-electron chi connectivity index (χ2n) is 9.42. The number of hydrogen-bond donors (Lipinski definition) is 4. The van der Waals surface area contributed by atoms with E-state index >= 15 is 0 Å². The van der Waals surface area contributed by atoms with E-state index in [2.05, 4.69) is 15.6 Å². The molecule has 3 amide bonds. The minimum atomic E-state index is -3.99. The van der Waals surface area contributed by atoms with Crippen LogP contribution in [0.25, 0.3) is 10.2 Å². The number of carbonyl (C=O) groups excluding carboxylic acids is 2. The quantitative estimate of drug-likeness (QED) is 0.197. The van der Waals surface area contributed by atoms with Gasteiger partial charge < -0.3 is 26.2 Å². The number of nitrogens with one attached hydrogen (secondary N) is 2. The maximum atomic E-state index is 13.9. The highest BCUT2D eigenvalue weighted by molar-refractivity contribution is 7.89. The van der Waals surface area contributed by atoms with Crippen molar-refractivity contribution >= 4 is 43.7 Å². The number of nitrogens with two attached hydrogens (primary N) is 1. The summed E-state index contributed by atoms with van der Waals surface area (Å²) in [5.74, 6) is 0.0809. The first-order chi connectivity index (χ1) is 19.1. The Kier molecular flexibility index (Phi) is 11.7. The van der Waals surface area contributed by atoms with E-state index in [0.717, 1.165) is 23.1 Å². The van der Waals surface area contributed by atoms with E-state index in [1.54, 1.807) is 17.6 Å². The number of primary amides is 1. The molecule has 13 heteroatoms. The molecule has 40 heavy (non-hydrogen) atoms. The van der Waals surface area contributed by atoms with Gasteiger partial charge in [-0.15, -0.1) is 11.3 Å². The number of fused-ring (bicyclic) bond motifs is 1. The number of aromatic nitrogens is 1. The van der Waals surface area contributed by atoms with Gasteiger partial charge in [-0.05, 0) is 36.1 Å². The number of urea groups is 1. The molecule has 11 nitrogen and oxygen atoms in total. The van der Waals surface area contributed by atoms with Crippen LogP contribution in [-0.4, -0.2) is 73.3 Å². The van der Waals surface area contributed by atoms with E-state index < -0.39 is 34.3 Å². The normalized spacial score (nSPS) is 13.3. The van der Waals surface area contributed by atoms with Crippen LogP contribution in [0.5, 0.6) is 0 Å². The Morgan fingerprint density at radius 3 is 2.52 bits per heavy atom. The maximum absolute atomic E-state index is 13.9. The monoisotopic (exact) mass is 591 g/mol. The smallest absolute Gasteiger partial charge is 0.407 e. The van der Waals surface area contributed by atoms with Crippen molar-refractivity contribution < 1.29 is 27.9 Å². The van der Waals surface area contributed by atoms with Crippen LogP contribution in [0.4, 0.5) is 9.59 Å². The van der Waals surface area contributed by atoms with Gasteiger partial charge in [0, 0.05) is 13.1 Å². The maximum Gasteiger partial charge on any atom is 0.407 e. The van der Waals surface area contributed by atoms with Gasteiger partial charge in [0.25, 0.3) is 0 Å². The Morgan fingerprint density at radius 2 is 1.85 bits per heavy atom. The molecular formula is C27H37N5O6S2. The molecule has 2 aromatic carbocycles. The van der Waals surface area contributed by atoms with Gasteiger partial charge >= 0.3 is 12.1 Å². The number of carbonyl (C=O) groups is 2. The summed E-state index contributed by atoms with van der Waals surface area (Å²) < 4.78 is 34.9. The molecule has 3 aromatic rings. The molecule has 0 bridgehead atoms. The molecule has 0 radical (unpaired) electrons. The molecular weight excluding hydrogens is 554 g/mol. The molecule has 218 valence electrons. The largest absolute Gasteiger partial charge is 0.448 e. The Morgan fingerprint density at radius 1 is 1.12 bits per heavy atom. The van der Waals surface area contributed by atoms with Gasteiger partial charge in [-0.25, -0.2) is 23.0 Å². The van der Waals surface area contributed by atoms with Crippen LogP contribution < -0.4 is 16.4 Å². The van der Waals surface area contributed by atoms with Crippen molar-refractivity contribution in [2.24, 2.45) is 11.7 Å². The molecule has 0 aliphatic rings. The molecule has 3 rings (SSSR count). The molecule has 1 aromatic heterocycles. The molecule has 0 fully saturated rings. The lowest BCUT2D eigenvalue weighted by atomic mass is 10.0. The lowest BCUT2D eigenvalue weighted by molar-refractivity contribution is 0.0885. The lowest BCUT2D eigenvalue weighted by Gasteiger charge is -2.31. The highest BCUT2D eigenvalue weighted by Gasteiger charge is 2.32. The lowest BCUT2D eigenvalue weighted by Crippen LogP contribution is -2.51. The van der Waals surface area contributed by atoms with Crippen LogP contribution in [0.1, 0.15) is 32.3 Å². The fourth-order valence-corrected chi connectivity index (χ4v) is 6.60. The summed E-state index contributed by atoms with van der Waals surface area (Å²) in [6, 6.07) is 12.4. The summed E-state index contributed by atoms with van der Waals surface area (Å²) in [6.45, 7) is 3.89. The zero-order valence-corrected chi connectivity index (χ0v) is 24.3. The van der Waals surface area contributed by atoms with E-state index in [4.69, 9.17) is 10.5 Å². The number of sulfonamides is 1. The second kappa shape index (κ2) is 14.9. The standard InChI is InChI=1S/C27H37N5O6S2/c1-3-19(4-2)16-32(40(36,37)21-10-11-22-25(15-21)39-18-30-22)17-24(33)23(14-20-8-6-5-7-9-20)31-27(35)38-13-12-29-26(28)34/h5-11,15,18-19,23-24,33H,3-4,12-14,16-17H2,1-2H3,(H,31,35)(H3,28,29,34)/t23?,24-/m1/s1. The van der Waals surface area contributed by atoms with E-state index in [0.29, 0.717) is 5.52 Å². The molecule has 1 unspecified atom stereocenters. The third kappa shape index (κ3) is 8.88. The molecule has 0 aliphatic carbocycles. The third-order valence-corrected chi connectivity index (χ3v) is 9.27. The molecule has 2 atom stereocenters. The fourth-order valence-electron chi connectivity index (χ4n) is 4.25. The van der Waals surface area contributed by atoms with Crippen LogP contribution in [0, 0.1) is 5.92 Å². The van der Waals surface area contributed by atoms with E-state index in [1.807, 2.05) is 44.2 Å². The van der Waals surface area contributed by atoms with Crippen LogP contribution >= 0.6 is 11.3 Å². The first-order valence-corrected chi connectivity index (χ1v) is 15.5. The minimum absolute atomic E-state index is 0.0280. The summed E-state index contributed by atoms with van der Waals surface area (Å²) in [6.07, 6.45) is -0.292. The predicted molar refractivity (Wildman–Crippen MR) is 154 cm³/mol. The minimum Gasteiger partial charge on any atom is -0.448 e. The van der Waals surface area contributed by atoms with E-state index in [1.165, 1.54) is 21.7 Å². The second-order valence-corrected chi connectivity index (χ2v) is 12.2. The van der Waals surface area contributed by atoms with Gasteiger partial charge in [0.15, 0.2) is 0 Å². The summed E-state index contributed by atoms with van der Waals surface area (Å²) in [5, 5.41) is 16.4. The summed E-state index contributed by atoms with van der Waals surface area (Å²) in [4.78, 5) is 27.7. The van der Waals surface area contributed by atoms with Crippen LogP contribution in [-0.2, 0) is 21.2 Å². The van der Waals surface area contributed by atoms with Gasteiger partial charge in [-0.3, -0.25) is 0 Å². The van der Waals surface area contributed by atoms with Crippen molar-refractivity contribution in [3.63, 3.8) is 0 Å². The fraction of sp³-hybridized carbons (Fsp3) is 0.444. The topological polar surface area (TPSA) is 164 Å². The Hall–Kier alpha value is -3.26. The Bertz CT molecular complexity index is 1350. The van der Waals surface area contributed by atoms with Gasteiger partial charge in [-0.2, -0.15) is 4.31 Å². The Labute approximate surface area is 238 Å². The number of nitrogens with zero attached hydrogens (tertiary/aromatic N) is 2. The van der Waals surface area contributed by atoms with Crippen LogP contribution in [0.2, 0.25) is 0 Å². The van der Waals surface area contributed by atoms with Gasteiger partial charge in [0.05, 0.1) is 39.3 Å². The van der Waals surface area contributed by atoms with Gasteiger partial charge in [0.2, 0.25) is 10.0 Å². The van der Waals surface area contributed by atoms with Crippen LogP contribution in [0.3, 0.4) is 0 Å². The number of rotatable bonds is 15. The molecule has 0 spiro atoms. The van der Waals surface area contributed by atoms with Crippen molar-refractivity contribution in [2.45, 2.75) is 50.2 Å². The molecule has 0 saturated carbocycles. The van der Waals surface area contributed by atoms with E-state index in [-0.39, 0.29) is 43.5 Å². The van der Waals surface area contributed by atoms with Crippen molar-refractivity contribution in [3.8, 4) is 0 Å². The van der Waals surface area contributed by atoms with Gasteiger partial charge in [-0.1, -0.05) is 57.0 Å². The van der Waals surface area contributed by atoms with Crippen molar-refractivity contribution in [1.29, 1.82) is 0 Å². The zero-order valence-electron chi connectivity index (χ0n) is 22.7. The number of ether oxygens (including phenoxy) is 1. The highest BCUT2D eigenvalue weighted by Crippen LogP contribution is 2.26. The average Bonchev–Trinajstić information content (AvgIpc) is 3.41. The van der Waals surface area contributed by atoms with Crippen molar-refractivity contribution in [2.75, 3.05) is 26.2 Å².